The van der Waals surface area contributed by atoms with Gasteiger partial charge in [-0.05, 0) is 50.6 Å². The number of nitrogens with one attached hydrogen (secondary N) is 2. The Bertz CT molecular complexity index is 656. The quantitative estimate of drug-likeness (QED) is 0.861. The smallest absolute Gasteiger partial charge is 0.228 e. The molecule has 0 atom stereocenters. The summed E-state index contributed by atoms with van der Waals surface area (Å²) in [4.78, 5) is 11.3. The summed E-state index contributed by atoms with van der Waals surface area (Å²) >= 11 is 11.3. The summed E-state index contributed by atoms with van der Waals surface area (Å²) in [7, 11) is 0. The fourth-order valence-electron chi connectivity index (χ4n) is 2.02. The van der Waals surface area contributed by atoms with Gasteiger partial charge in [0.15, 0.2) is 0 Å². The van der Waals surface area contributed by atoms with Crippen molar-refractivity contribution in [1.82, 2.24) is 0 Å². The molecule has 0 saturated carbocycles. The van der Waals surface area contributed by atoms with Crippen LogP contribution in [-0.4, -0.2) is 5.91 Å². The van der Waals surface area contributed by atoms with Gasteiger partial charge in [-0.15, -0.1) is 11.3 Å². The second kappa shape index (κ2) is 5.15. The first-order valence-electron chi connectivity index (χ1n) is 5.71. The lowest BCUT2D eigenvalue weighted by atomic mass is 10.1. The van der Waals surface area contributed by atoms with Crippen molar-refractivity contribution in [3.8, 4) is 0 Å². The number of benzene rings is 1. The molecular formula is C13H10BrClN2OS. The minimum absolute atomic E-state index is 0.0185. The second-order valence-electron chi connectivity index (χ2n) is 4.33. The van der Waals surface area contributed by atoms with Crippen molar-refractivity contribution in [2.45, 2.75) is 13.0 Å². The summed E-state index contributed by atoms with van der Waals surface area (Å²) < 4.78 is 1.11. The van der Waals surface area contributed by atoms with Crippen LogP contribution < -0.4 is 10.6 Å². The van der Waals surface area contributed by atoms with E-state index in [9.17, 15) is 4.79 Å². The molecule has 2 aromatic rings. The highest BCUT2D eigenvalue weighted by molar-refractivity contribution is 9.11. The van der Waals surface area contributed by atoms with E-state index in [2.05, 4.69) is 38.0 Å². The van der Waals surface area contributed by atoms with E-state index in [4.69, 9.17) is 11.6 Å². The summed E-state index contributed by atoms with van der Waals surface area (Å²) in [5, 5.41) is 8.80. The summed E-state index contributed by atoms with van der Waals surface area (Å²) in [6.07, 6.45) is 0.422. The minimum Gasteiger partial charge on any atom is -0.380 e. The Morgan fingerprint density at radius 3 is 3.00 bits per heavy atom. The number of hydrogen-bond donors (Lipinski definition) is 2. The SMILES string of the molecule is O=C1Cc2cc(NCc3csc(Br)c3)c(Cl)cc2N1. The summed E-state index contributed by atoms with van der Waals surface area (Å²) in [5.41, 5.74) is 3.86. The second-order valence-corrected chi connectivity index (χ2v) is 7.02. The van der Waals surface area contributed by atoms with Gasteiger partial charge in [-0.3, -0.25) is 4.79 Å². The van der Waals surface area contributed by atoms with Gasteiger partial charge in [0.25, 0.3) is 0 Å². The fraction of sp³-hybridized carbons (Fsp3) is 0.154. The lowest BCUT2D eigenvalue weighted by Gasteiger charge is -2.09. The Morgan fingerprint density at radius 2 is 2.26 bits per heavy atom. The molecule has 0 radical (unpaired) electrons. The van der Waals surface area contributed by atoms with Gasteiger partial charge in [0.05, 0.1) is 20.9 Å². The van der Waals surface area contributed by atoms with Crippen molar-refractivity contribution in [2.24, 2.45) is 0 Å². The number of hydrogen-bond acceptors (Lipinski definition) is 3. The largest absolute Gasteiger partial charge is 0.380 e. The van der Waals surface area contributed by atoms with E-state index < -0.39 is 0 Å². The highest BCUT2D eigenvalue weighted by Crippen LogP contribution is 2.33. The number of anilines is 2. The maximum absolute atomic E-state index is 11.3. The molecule has 2 N–H and O–H groups in total. The van der Waals surface area contributed by atoms with E-state index in [-0.39, 0.29) is 5.91 Å². The van der Waals surface area contributed by atoms with E-state index in [1.807, 2.05) is 6.07 Å². The van der Waals surface area contributed by atoms with Crippen LogP contribution in [0.4, 0.5) is 11.4 Å². The topological polar surface area (TPSA) is 41.1 Å². The van der Waals surface area contributed by atoms with Crippen molar-refractivity contribution in [3.05, 3.63) is 43.5 Å². The average molecular weight is 358 g/mol. The molecule has 1 aliphatic heterocycles. The first-order chi connectivity index (χ1) is 9.11. The molecule has 1 aromatic heterocycles. The van der Waals surface area contributed by atoms with Crippen molar-refractivity contribution < 1.29 is 4.79 Å². The van der Waals surface area contributed by atoms with Crippen LogP contribution in [0.5, 0.6) is 0 Å². The number of carbonyl (C=O) groups excluding carboxylic acids is 1. The minimum atomic E-state index is 0.0185. The number of halogens is 2. The fourth-order valence-corrected chi connectivity index (χ4v) is 3.46. The average Bonchev–Trinajstić information content (AvgIpc) is 2.91. The van der Waals surface area contributed by atoms with Gasteiger partial charge >= 0.3 is 0 Å². The molecule has 1 aliphatic rings. The third kappa shape index (κ3) is 2.78. The van der Waals surface area contributed by atoms with E-state index in [1.165, 1.54) is 5.56 Å². The van der Waals surface area contributed by atoms with Crippen molar-refractivity contribution >= 4 is 56.1 Å². The van der Waals surface area contributed by atoms with Gasteiger partial charge in [-0.1, -0.05) is 11.6 Å². The first-order valence-corrected chi connectivity index (χ1v) is 7.76. The third-order valence-corrected chi connectivity index (χ3v) is 4.79. The maximum Gasteiger partial charge on any atom is 0.228 e. The Labute approximate surface area is 128 Å². The van der Waals surface area contributed by atoms with Crippen LogP contribution in [0.25, 0.3) is 0 Å². The predicted molar refractivity (Wildman–Crippen MR) is 83.1 cm³/mol. The van der Waals surface area contributed by atoms with Crippen LogP contribution in [0.1, 0.15) is 11.1 Å². The zero-order valence-corrected chi connectivity index (χ0v) is 13.0. The van der Waals surface area contributed by atoms with Crippen molar-refractivity contribution in [3.63, 3.8) is 0 Å². The standard InChI is InChI=1S/C13H10BrClN2OS/c14-12-1-7(6-19-12)5-16-11-2-8-3-13(18)17-10(8)4-9(11)15/h1-2,4,6,16H,3,5H2,(H,17,18). The molecule has 0 saturated heterocycles. The Balaban J connectivity index is 1.78. The zero-order chi connectivity index (χ0) is 13.4. The number of fused-ring (bicyclic) bond motifs is 1. The van der Waals surface area contributed by atoms with Gasteiger partial charge in [-0.2, -0.15) is 0 Å². The Morgan fingerprint density at radius 1 is 1.42 bits per heavy atom. The number of thiophene rings is 1. The molecule has 0 bridgehead atoms. The van der Waals surface area contributed by atoms with E-state index in [0.29, 0.717) is 18.0 Å². The summed E-state index contributed by atoms with van der Waals surface area (Å²) in [6, 6.07) is 5.81. The maximum atomic E-state index is 11.3. The Hall–Kier alpha value is -1.04. The number of carbonyl (C=O) groups is 1. The van der Waals surface area contributed by atoms with Crippen LogP contribution in [0, 0.1) is 0 Å². The van der Waals surface area contributed by atoms with Crippen molar-refractivity contribution in [1.29, 1.82) is 0 Å². The Kier molecular flexibility index (Phi) is 3.52. The van der Waals surface area contributed by atoms with Crippen LogP contribution >= 0.6 is 38.9 Å². The van der Waals surface area contributed by atoms with Gasteiger partial charge in [-0.25, -0.2) is 0 Å². The molecule has 0 aliphatic carbocycles. The molecule has 1 aromatic carbocycles. The molecule has 2 heterocycles. The monoisotopic (exact) mass is 356 g/mol. The van der Waals surface area contributed by atoms with Crippen LogP contribution in [-0.2, 0) is 17.8 Å². The highest BCUT2D eigenvalue weighted by Gasteiger charge is 2.19. The third-order valence-electron chi connectivity index (χ3n) is 2.92. The lowest BCUT2D eigenvalue weighted by Crippen LogP contribution is -2.03. The highest BCUT2D eigenvalue weighted by atomic mass is 79.9. The van der Waals surface area contributed by atoms with Gasteiger partial charge in [0, 0.05) is 12.2 Å². The first kappa shape index (κ1) is 13.0. The zero-order valence-electron chi connectivity index (χ0n) is 9.80. The predicted octanol–water partition coefficient (Wildman–Crippen LogP) is 4.27. The summed E-state index contributed by atoms with van der Waals surface area (Å²) in [5.74, 6) is 0.0185. The van der Waals surface area contributed by atoms with Gasteiger partial charge in [0.1, 0.15) is 0 Å². The molecule has 19 heavy (non-hydrogen) atoms. The molecule has 98 valence electrons. The van der Waals surface area contributed by atoms with Crippen LogP contribution in [0.15, 0.2) is 27.4 Å². The number of amides is 1. The van der Waals surface area contributed by atoms with E-state index in [0.717, 1.165) is 20.7 Å². The number of rotatable bonds is 3. The molecule has 3 nitrogen and oxygen atoms in total. The molecule has 0 spiro atoms. The van der Waals surface area contributed by atoms with E-state index >= 15 is 0 Å². The van der Waals surface area contributed by atoms with Gasteiger partial charge < -0.3 is 10.6 Å². The summed E-state index contributed by atoms with van der Waals surface area (Å²) in [6.45, 7) is 0.710. The van der Waals surface area contributed by atoms with Gasteiger partial charge in [0.2, 0.25) is 5.91 Å². The lowest BCUT2D eigenvalue weighted by molar-refractivity contribution is -0.115. The van der Waals surface area contributed by atoms with E-state index in [1.54, 1.807) is 17.4 Å². The van der Waals surface area contributed by atoms with Crippen molar-refractivity contribution in [2.75, 3.05) is 10.6 Å². The molecule has 1 amide bonds. The molecule has 3 rings (SSSR count). The molecule has 6 heteroatoms. The van der Waals surface area contributed by atoms with Crippen LogP contribution in [0.3, 0.4) is 0 Å². The molecule has 0 unspecified atom stereocenters. The molecular weight excluding hydrogens is 348 g/mol. The molecule has 0 fully saturated rings. The normalized spacial score (nSPS) is 13.3. The van der Waals surface area contributed by atoms with Crippen LogP contribution in [0.2, 0.25) is 5.02 Å².